The summed E-state index contributed by atoms with van der Waals surface area (Å²) in [4.78, 5) is 3.97. The van der Waals surface area contributed by atoms with Gasteiger partial charge in [0.2, 0.25) is 0 Å². The predicted octanol–water partition coefficient (Wildman–Crippen LogP) is 2.81. The fourth-order valence-corrected chi connectivity index (χ4v) is 3.07. The highest BCUT2D eigenvalue weighted by Crippen LogP contribution is 2.21. The summed E-state index contributed by atoms with van der Waals surface area (Å²) in [6.45, 7) is 0. The molecule has 1 heterocycles. The molecule has 0 amide bonds. The summed E-state index contributed by atoms with van der Waals surface area (Å²) in [5, 5.41) is 0. The quantitative estimate of drug-likeness (QED) is 0.805. The maximum absolute atomic E-state index is 14.1. The normalized spacial score (nSPS) is 11.3. The Kier molecular flexibility index (Phi) is 3.64. The lowest BCUT2D eigenvalue weighted by atomic mass is 10.2. The van der Waals surface area contributed by atoms with Gasteiger partial charge in [-0.15, -0.1) is 0 Å². The van der Waals surface area contributed by atoms with Crippen LogP contribution in [0, 0.1) is 5.82 Å². The van der Waals surface area contributed by atoms with Crippen molar-refractivity contribution in [3.63, 3.8) is 0 Å². The molecule has 22 heavy (non-hydrogen) atoms. The second-order valence-electron chi connectivity index (χ2n) is 4.55. The summed E-state index contributed by atoms with van der Waals surface area (Å²) in [6, 6.07) is 12.0. The van der Waals surface area contributed by atoms with Crippen molar-refractivity contribution in [2.24, 2.45) is 0 Å². The number of aromatic nitrogens is 2. The molecule has 1 aromatic heterocycles. The van der Waals surface area contributed by atoms with Gasteiger partial charge >= 0.3 is 0 Å². The van der Waals surface area contributed by atoms with Crippen molar-refractivity contribution in [3.05, 3.63) is 73.1 Å². The van der Waals surface area contributed by atoms with E-state index in [0.717, 1.165) is 6.07 Å². The summed E-state index contributed by atoms with van der Waals surface area (Å²) in [7, 11) is -3.73. The van der Waals surface area contributed by atoms with Crippen LogP contribution >= 0.6 is 0 Å². The van der Waals surface area contributed by atoms with Gasteiger partial charge in [-0.25, -0.2) is 17.8 Å². The SMILES string of the molecule is O=S(=O)(Nc1ccc(-n2ccnc2)c(F)c1)c1ccccc1. The van der Waals surface area contributed by atoms with E-state index in [1.807, 2.05) is 0 Å². The van der Waals surface area contributed by atoms with Gasteiger partial charge in [-0.05, 0) is 24.3 Å². The van der Waals surface area contributed by atoms with Crippen molar-refractivity contribution in [2.45, 2.75) is 4.90 Å². The molecular weight excluding hydrogens is 305 g/mol. The maximum Gasteiger partial charge on any atom is 0.261 e. The molecular formula is C15H12FN3O2S. The lowest BCUT2D eigenvalue weighted by Crippen LogP contribution is -2.13. The molecule has 0 bridgehead atoms. The van der Waals surface area contributed by atoms with Gasteiger partial charge in [-0.2, -0.15) is 0 Å². The van der Waals surface area contributed by atoms with Crippen LogP contribution in [0.15, 0.2) is 72.1 Å². The van der Waals surface area contributed by atoms with Gasteiger partial charge in [0, 0.05) is 18.5 Å². The Balaban J connectivity index is 1.89. The smallest absolute Gasteiger partial charge is 0.261 e. The zero-order chi connectivity index (χ0) is 15.6. The van der Waals surface area contributed by atoms with Gasteiger partial charge in [-0.3, -0.25) is 4.72 Å². The van der Waals surface area contributed by atoms with Crippen LogP contribution in [0.5, 0.6) is 0 Å². The zero-order valence-corrected chi connectivity index (χ0v) is 12.2. The fourth-order valence-electron chi connectivity index (χ4n) is 2.00. The van der Waals surface area contributed by atoms with Gasteiger partial charge in [-0.1, -0.05) is 18.2 Å². The van der Waals surface area contributed by atoms with Gasteiger partial charge in [0.15, 0.2) is 0 Å². The number of rotatable bonds is 4. The van der Waals surface area contributed by atoms with Crippen LogP contribution < -0.4 is 4.72 Å². The fraction of sp³-hybridized carbons (Fsp3) is 0. The Morgan fingerprint density at radius 3 is 2.50 bits per heavy atom. The van der Waals surface area contributed by atoms with E-state index in [1.165, 1.54) is 41.4 Å². The molecule has 0 spiro atoms. The molecule has 2 aromatic carbocycles. The predicted molar refractivity (Wildman–Crippen MR) is 80.8 cm³/mol. The molecule has 0 radical (unpaired) electrons. The molecule has 0 saturated carbocycles. The number of hydrogen-bond acceptors (Lipinski definition) is 3. The monoisotopic (exact) mass is 317 g/mol. The highest BCUT2D eigenvalue weighted by atomic mass is 32.2. The average Bonchev–Trinajstić information content (AvgIpc) is 3.02. The molecule has 0 atom stereocenters. The Morgan fingerprint density at radius 2 is 1.86 bits per heavy atom. The zero-order valence-electron chi connectivity index (χ0n) is 11.3. The molecule has 0 aliphatic heterocycles. The second-order valence-corrected chi connectivity index (χ2v) is 6.24. The summed E-state index contributed by atoms with van der Waals surface area (Å²) < 4.78 is 42.3. The third-order valence-electron chi connectivity index (χ3n) is 3.04. The third-order valence-corrected chi connectivity index (χ3v) is 4.43. The minimum absolute atomic E-state index is 0.120. The molecule has 0 saturated heterocycles. The van der Waals surface area contributed by atoms with E-state index in [-0.39, 0.29) is 10.6 Å². The van der Waals surface area contributed by atoms with Crippen LogP contribution in [-0.4, -0.2) is 18.0 Å². The summed E-state index contributed by atoms with van der Waals surface area (Å²) >= 11 is 0. The van der Waals surface area contributed by atoms with Gasteiger partial charge < -0.3 is 4.57 Å². The largest absolute Gasteiger partial charge is 0.303 e. The lowest BCUT2D eigenvalue weighted by Gasteiger charge is -2.10. The summed E-state index contributed by atoms with van der Waals surface area (Å²) in [5.74, 6) is -0.550. The van der Waals surface area contributed by atoms with Crippen molar-refractivity contribution in [1.29, 1.82) is 0 Å². The molecule has 0 aliphatic carbocycles. The van der Waals surface area contributed by atoms with E-state index in [0.29, 0.717) is 5.69 Å². The van der Waals surface area contributed by atoms with Crippen LogP contribution in [0.3, 0.4) is 0 Å². The minimum atomic E-state index is -3.73. The maximum atomic E-state index is 14.1. The third kappa shape index (κ3) is 2.84. The first-order valence-corrected chi connectivity index (χ1v) is 7.90. The molecule has 5 nitrogen and oxygen atoms in total. The topological polar surface area (TPSA) is 64.0 Å². The highest BCUT2D eigenvalue weighted by Gasteiger charge is 2.14. The summed E-state index contributed by atoms with van der Waals surface area (Å²) in [6.07, 6.45) is 4.60. The lowest BCUT2D eigenvalue weighted by molar-refractivity contribution is 0.601. The Bertz CT molecular complexity index is 878. The van der Waals surface area contributed by atoms with E-state index < -0.39 is 15.8 Å². The Morgan fingerprint density at radius 1 is 1.09 bits per heavy atom. The Labute approximate surface area is 127 Å². The number of hydrogen-bond donors (Lipinski definition) is 1. The van der Waals surface area contributed by atoms with Crippen molar-refractivity contribution in [2.75, 3.05) is 4.72 Å². The van der Waals surface area contributed by atoms with E-state index in [9.17, 15) is 12.8 Å². The van der Waals surface area contributed by atoms with Gasteiger partial charge in [0.25, 0.3) is 10.0 Å². The number of benzene rings is 2. The van der Waals surface area contributed by atoms with Crippen molar-refractivity contribution >= 4 is 15.7 Å². The first kappa shape index (κ1) is 14.3. The second kappa shape index (κ2) is 5.61. The van der Waals surface area contributed by atoms with Crippen LogP contribution in [0.2, 0.25) is 0 Å². The van der Waals surface area contributed by atoms with E-state index in [2.05, 4.69) is 9.71 Å². The molecule has 3 rings (SSSR count). The Hall–Kier alpha value is -2.67. The standard InChI is InChI=1S/C15H12FN3O2S/c16-14-10-12(6-7-15(14)19-9-8-17-11-19)18-22(20,21)13-4-2-1-3-5-13/h1-11,18H. The van der Waals surface area contributed by atoms with Crippen molar-refractivity contribution in [1.82, 2.24) is 9.55 Å². The van der Waals surface area contributed by atoms with Crippen LogP contribution in [-0.2, 0) is 10.0 Å². The number of sulfonamides is 1. The molecule has 112 valence electrons. The van der Waals surface area contributed by atoms with E-state index in [4.69, 9.17) is 0 Å². The highest BCUT2D eigenvalue weighted by molar-refractivity contribution is 7.92. The number of nitrogens with zero attached hydrogens (tertiary/aromatic N) is 2. The van der Waals surface area contributed by atoms with Gasteiger partial charge in [0.05, 0.1) is 22.6 Å². The molecule has 7 heteroatoms. The van der Waals surface area contributed by atoms with E-state index in [1.54, 1.807) is 24.4 Å². The number of nitrogens with one attached hydrogen (secondary N) is 1. The average molecular weight is 317 g/mol. The minimum Gasteiger partial charge on any atom is -0.303 e. The number of halogens is 1. The van der Waals surface area contributed by atoms with Gasteiger partial charge in [0.1, 0.15) is 5.82 Å². The molecule has 0 unspecified atom stereocenters. The van der Waals surface area contributed by atoms with Crippen LogP contribution in [0.4, 0.5) is 10.1 Å². The first-order valence-electron chi connectivity index (χ1n) is 6.42. The van der Waals surface area contributed by atoms with Crippen molar-refractivity contribution < 1.29 is 12.8 Å². The van der Waals surface area contributed by atoms with Crippen LogP contribution in [0.25, 0.3) is 5.69 Å². The number of imidazole rings is 1. The number of anilines is 1. The first-order chi connectivity index (χ1) is 10.6. The molecule has 3 aromatic rings. The van der Waals surface area contributed by atoms with E-state index >= 15 is 0 Å². The molecule has 0 fully saturated rings. The molecule has 1 N–H and O–H groups in total. The molecule has 0 aliphatic rings. The van der Waals surface area contributed by atoms with Crippen molar-refractivity contribution in [3.8, 4) is 5.69 Å². The summed E-state index contributed by atoms with van der Waals surface area (Å²) in [5.41, 5.74) is 0.449. The van der Waals surface area contributed by atoms with Crippen LogP contribution in [0.1, 0.15) is 0 Å².